The van der Waals surface area contributed by atoms with Crippen molar-refractivity contribution in [2.24, 2.45) is 0 Å². The summed E-state index contributed by atoms with van der Waals surface area (Å²) < 4.78 is 15.7. The Balaban J connectivity index is 1.64. The van der Waals surface area contributed by atoms with Crippen molar-refractivity contribution in [2.45, 2.75) is 19.4 Å². The number of nitrogens with zero attached hydrogens (tertiary/aromatic N) is 5. The minimum Gasteiger partial charge on any atom is -0.353 e. The van der Waals surface area contributed by atoms with Gasteiger partial charge in [0.25, 0.3) is 0 Å². The van der Waals surface area contributed by atoms with E-state index in [0.717, 1.165) is 35.0 Å². The molecular weight excluding hydrogens is 391 g/mol. The number of pyridine rings is 1. The number of nitriles is 1. The average molecular weight is 412 g/mol. The molecule has 5 rings (SSSR count). The Morgan fingerprint density at radius 3 is 2.87 bits per heavy atom. The lowest BCUT2D eigenvalue weighted by Gasteiger charge is -2.34. The van der Waals surface area contributed by atoms with Gasteiger partial charge in [0, 0.05) is 37.4 Å². The van der Waals surface area contributed by atoms with Crippen molar-refractivity contribution in [2.75, 3.05) is 24.5 Å². The molecule has 0 unspecified atom stereocenters. The van der Waals surface area contributed by atoms with Gasteiger partial charge in [-0.3, -0.25) is 4.98 Å². The Labute approximate surface area is 179 Å². The summed E-state index contributed by atoms with van der Waals surface area (Å²) >= 11 is 0. The molecule has 154 valence electrons. The number of nitrogens with one attached hydrogen (secondary N) is 1. The van der Waals surface area contributed by atoms with E-state index in [4.69, 9.17) is 5.26 Å². The summed E-state index contributed by atoms with van der Waals surface area (Å²) in [7, 11) is 0. The zero-order valence-corrected chi connectivity index (χ0v) is 17.1. The van der Waals surface area contributed by atoms with Gasteiger partial charge in [-0.2, -0.15) is 5.26 Å². The van der Waals surface area contributed by atoms with E-state index >= 15 is 4.39 Å². The fourth-order valence-electron chi connectivity index (χ4n) is 4.41. The molecule has 1 aliphatic heterocycles. The molecule has 2 aromatic heterocycles. The zero-order chi connectivity index (χ0) is 21.4. The first-order valence-corrected chi connectivity index (χ1v) is 10.3. The molecular formula is C24H21FN6. The van der Waals surface area contributed by atoms with Gasteiger partial charge in [0.15, 0.2) is 5.82 Å². The second-order valence-electron chi connectivity index (χ2n) is 7.82. The molecule has 0 bridgehead atoms. The topological polar surface area (TPSA) is 77.7 Å². The van der Waals surface area contributed by atoms with Crippen LogP contribution in [-0.2, 0) is 0 Å². The summed E-state index contributed by atoms with van der Waals surface area (Å²) in [6, 6.07) is 14.1. The lowest BCUT2D eigenvalue weighted by Crippen LogP contribution is -2.50. The summed E-state index contributed by atoms with van der Waals surface area (Å²) in [5, 5.41) is 15.0. The molecule has 1 N–H and O–H groups in total. The normalized spacial score (nSPS) is 16.5. The first kappa shape index (κ1) is 19.3. The fraction of sp³-hybridized carbons (Fsp3) is 0.250. The predicted molar refractivity (Wildman–Crippen MR) is 119 cm³/mol. The number of benzene rings is 2. The second-order valence-corrected chi connectivity index (χ2v) is 7.82. The number of halogens is 1. The van der Waals surface area contributed by atoms with Crippen molar-refractivity contribution in [3.63, 3.8) is 0 Å². The third-order valence-electron chi connectivity index (χ3n) is 5.86. The summed E-state index contributed by atoms with van der Waals surface area (Å²) in [6.45, 7) is 4.11. The molecule has 0 amide bonds. The van der Waals surface area contributed by atoms with Crippen LogP contribution in [0.4, 0.5) is 10.2 Å². The number of hydrogen-bond donors (Lipinski definition) is 1. The van der Waals surface area contributed by atoms with Crippen LogP contribution in [0.5, 0.6) is 0 Å². The van der Waals surface area contributed by atoms with E-state index in [2.05, 4.69) is 31.2 Å². The molecule has 1 fully saturated rings. The standard InChI is InChI=1S/C24H21FN6/c1-15-4-2-5-16-6-3-7-18(20(15)16)22-21(25)23-19(12-28-22)24(30-14-29-23)31-11-10-27-17(13-31)8-9-26/h2-7,12,14,17,27H,8,10-11,13H2,1H3/t17-/m0/s1. The highest BCUT2D eigenvalue weighted by Gasteiger charge is 2.24. The average Bonchev–Trinajstić information content (AvgIpc) is 2.79. The summed E-state index contributed by atoms with van der Waals surface area (Å²) in [5.74, 6) is 0.210. The van der Waals surface area contributed by atoms with Crippen molar-refractivity contribution in [1.29, 1.82) is 5.26 Å². The lowest BCUT2D eigenvalue weighted by atomic mass is 9.97. The Morgan fingerprint density at radius 1 is 1.19 bits per heavy atom. The molecule has 0 saturated carbocycles. The molecule has 3 heterocycles. The number of piperazine rings is 1. The highest BCUT2D eigenvalue weighted by molar-refractivity contribution is 6.00. The molecule has 2 aromatic carbocycles. The maximum Gasteiger partial charge on any atom is 0.175 e. The number of fused-ring (bicyclic) bond motifs is 2. The van der Waals surface area contributed by atoms with Gasteiger partial charge in [0.1, 0.15) is 23.4 Å². The quantitative estimate of drug-likeness (QED) is 0.548. The molecule has 0 radical (unpaired) electrons. The molecule has 4 aromatic rings. The Morgan fingerprint density at radius 2 is 2.03 bits per heavy atom. The number of aromatic nitrogens is 3. The lowest BCUT2D eigenvalue weighted by molar-refractivity contribution is 0.461. The predicted octanol–water partition coefficient (Wildman–Crippen LogP) is 3.98. The Hall–Kier alpha value is -3.63. The van der Waals surface area contributed by atoms with E-state index < -0.39 is 5.82 Å². The van der Waals surface area contributed by atoms with Gasteiger partial charge in [-0.05, 0) is 23.3 Å². The van der Waals surface area contributed by atoms with Gasteiger partial charge in [0.2, 0.25) is 0 Å². The van der Waals surface area contributed by atoms with Crippen LogP contribution in [0.25, 0.3) is 32.9 Å². The van der Waals surface area contributed by atoms with E-state index in [1.807, 2.05) is 43.3 Å². The minimum atomic E-state index is -0.444. The van der Waals surface area contributed by atoms with Gasteiger partial charge in [0.05, 0.1) is 17.9 Å². The van der Waals surface area contributed by atoms with Crippen LogP contribution in [0.3, 0.4) is 0 Å². The Bertz CT molecular complexity index is 1320. The van der Waals surface area contributed by atoms with Crippen LogP contribution in [0.2, 0.25) is 0 Å². The van der Waals surface area contributed by atoms with Crippen LogP contribution < -0.4 is 10.2 Å². The van der Waals surface area contributed by atoms with Gasteiger partial charge in [-0.25, -0.2) is 14.4 Å². The van der Waals surface area contributed by atoms with Crippen LogP contribution in [-0.4, -0.2) is 40.6 Å². The van der Waals surface area contributed by atoms with Crippen LogP contribution in [0.1, 0.15) is 12.0 Å². The highest BCUT2D eigenvalue weighted by atomic mass is 19.1. The molecule has 0 spiro atoms. The summed E-state index contributed by atoms with van der Waals surface area (Å²) in [4.78, 5) is 15.3. The van der Waals surface area contributed by atoms with E-state index in [0.29, 0.717) is 29.9 Å². The fourth-order valence-corrected chi connectivity index (χ4v) is 4.41. The number of hydrogen-bond acceptors (Lipinski definition) is 6. The molecule has 31 heavy (non-hydrogen) atoms. The SMILES string of the molecule is Cc1cccc2cccc(-c3ncc4c(N5CCN[C@@H](CC#N)C5)ncnc4c3F)c12. The number of rotatable bonds is 3. The minimum absolute atomic E-state index is 0.0551. The monoisotopic (exact) mass is 412 g/mol. The van der Waals surface area contributed by atoms with E-state index in [1.54, 1.807) is 6.20 Å². The first-order chi connectivity index (χ1) is 15.2. The van der Waals surface area contributed by atoms with Gasteiger partial charge in [-0.1, -0.05) is 36.4 Å². The van der Waals surface area contributed by atoms with Crippen LogP contribution in [0, 0.1) is 24.1 Å². The molecule has 1 atom stereocenters. The maximum atomic E-state index is 15.7. The van der Waals surface area contributed by atoms with Gasteiger partial charge in [-0.15, -0.1) is 0 Å². The zero-order valence-electron chi connectivity index (χ0n) is 17.1. The van der Waals surface area contributed by atoms with Crippen LogP contribution in [0.15, 0.2) is 48.9 Å². The summed E-state index contributed by atoms with van der Waals surface area (Å²) in [6.07, 6.45) is 3.48. The number of aryl methyl sites for hydroxylation is 1. The molecule has 0 aliphatic carbocycles. The van der Waals surface area contributed by atoms with Crippen molar-refractivity contribution in [3.05, 3.63) is 60.3 Å². The number of anilines is 1. The third kappa shape index (κ3) is 3.35. The molecule has 1 saturated heterocycles. The smallest absolute Gasteiger partial charge is 0.175 e. The van der Waals surface area contributed by atoms with E-state index in [-0.39, 0.29) is 11.6 Å². The summed E-state index contributed by atoms with van der Waals surface area (Å²) in [5.41, 5.74) is 2.38. The Kier molecular flexibility index (Phi) is 4.92. The van der Waals surface area contributed by atoms with E-state index in [1.165, 1.54) is 6.33 Å². The van der Waals surface area contributed by atoms with Crippen molar-refractivity contribution in [1.82, 2.24) is 20.3 Å². The van der Waals surface area contributed by atoms with E-state index in [9.17, 15) is 0 Å². The largest absolute Gasteiger partial charge is 0.353 e. The van der Waals surface area contributed by atoms with Gasteiger partial charge >= 0.3 is 0 Å². The molecule has 1 aliphatic rings. The van der Waals surface area contributed by atoms with Crippen molar-refractivity contribution >= 4 is 27.5 Å². The third-order valence-corrected chi connectivity index (χ3v) is 5.86. The molecule has 7 heteroatoms. The molecule has 6 nitrogen and oxygen atoms in total. The van der Waals surface area contributed by atoms with Crippen molar-refractivity contribution in [3.8, 4) is 17.3 Å². The van der Waals surface area contributed by atoms with Crippen molar-refractivity contribution < 1.29 is 4.39 Å². The maximum absolute atomic E-state index is 15.7. The highest BCUT2D eigenvalue weighted by Crippen LogP contribution is 2.34. The second kappa shape index (κ2) is 7.89. The van der Waals surface area contributed by atoms with Crippen LogP contribution >= 0.6 is 0 Å². The first-order valence-electron chi connectivity index (χ1n) is 10.3. The van der Waals surface area contributed by atoms with Gasteiger partial charge < -0.3 is 10.2 Å².